The Kier molecular flexibility index (Phi) is 4.87. The van der Waals surface area contributed by atoms with E-state index in [1.54, 1.807) is 6.92 Å². The Morgan fingerprint density at radius 3 is 2.74 bits per heavy atom. The second-order valence-corrected chi connectivity index (χ2v) is 6.40. The molecule has 0 aromatic heterocycles. The fourth-order valence-corrected chi connectivity index (χ4v) is 3.37. The quantitative estimate of drug-likeness (QED) is 0.904. The molecule has 0 aliphatic carbocycles. The van der Waals surface area contributed by atoms with Gasteiger partial charge in [-0.05, 0) is 67.5 Å². The Morgan fingerprint density at radius 2 is 2.11 bits per heavy atom. The highest BCUT2D eigenvalue weighted by atomic mass is 79.9. The molecule has 0 spiro atoms. The molecule has 1 fully saturated rings. The molecule has 1 aliphatic heterocycles. The van der Waals surface area contributed by atoms with Crippen LogP contribution in [0.1, 0.15) is 31.9 Å². The van der Waals surface area contributed by atoms with Crippen LogP contribution < -0.4 is 4.90 Å². The number of aliphatic hydroxyl groups is 1. The molecule has 0 bridgehead atoms. The van der Waals surface area contributed by atoms with Crippen molar-refractivity contribution >= 4 is 21.6 Å². The Labute approximate surface area is 124 Å². The Balaban J connectivity index is 2.25. The summed E-state index contributed by atoms with van der Waals surface area (Å²) in [6, 6.07) is 6.67. The van der Waals surface area contributed by atoms with Crippen LogP contribution in [0.2, 0.25) is 0 Å². The molecule has 1 saturated heterocycles. The Bertz CT molecular complexity index is 436. The van der Waals surface area contributed by atoms with Gasteiger partial charge in [-0.15, -0.1) is 0 Å². The van der Waals surface area contributed by atoms with Gasteiger partial charge in [0.05, 0.1) is 11.8 Å². The second-order valence-electron chi connectivity index (χ2n) is 5.55. The highest BCUT2D eigenvalue weighted by Crippen LogP contribution is 2.31. The van der Waals surface area contributed by atoms with Gasteiger partial charge in [-0.3, -0.25) is 0 Å². The maximum absolute atomic E-state index is 9.64. The van der Waals surface area contributed by atoms with Crippen molar-refractivity contribution in [1.82, 2.24) is 4.90 Å². The minimum atomic E-state index is -0.418. The summed E-state index contributed by atoms with van der Waals surface area (Å²) in [5, 5.41) is 9.64. The molecular weight excluding hydrogens is 304 g/mol. The fourth-order valence-electron chi connectivity index (χ4n) is 2.75. The first-order valence-corrected chi connectivity index (χ1v) is 7.71. The number of benzene rings is 1. The zero-order valence-electron chi connectivity index (χ0n) is 11.9. The average molecular weight is 327 g/mol. The zero-order chi connectivity index (χ0) is 14.0. The summed E-state index contributed by atoms with van der Waals surface area (Å²) in [6.45, 7) is 7.40. The number of halogens is 1. The van der Waals surface area contributed by atoms with Gasteiger partial charge in [0.25, 0.3) is 0 Å². The van der Waals surface area contributed by atoms with Crippen LogP contribution in [0.15, 0.2) is 22.7 Å². The van der Waals surface area contributed by atoms with Crippen molar-refractivity contribution in [3.05, 3.63) is 28.2 Å². The molecule has 4 heteroatoms. The first kappa shape index (κ1) is 14.8. The first-order valence-electron chi connectivity index (χ1n) is 6.91. The van der Waals surface area contributed by atoms with Gasteiger partial charge < -0.3 is 14.9 Å². The molecule has 1 N–H and O–H groups in total. The summed E-state index contributed by atoms with van der Waals surface area (Å²) in [5.74, 6) is 0. The molecule has 106 valence electrons. The van der Waals surface area contributed by atoms with Gasteiger partial charge >= 0.3 is 0 Å². The molecule has 2 atom stereocenters. The van der Waals surface area contributed by atoms with Crippen molar-refractivity contribution in [2.24, 2.45) is 0 Å². The minimum Gasteiger partial charge on any atom is -0.389 e. The van der Waals surface area contributed by atoms with Gasteiger partial charge in [-0.25, -0.2) is 0 Å². The molecule has 1 heterocycles. The summed E-state index contributed by atoms with van der Waals surface area (Å²) < 4.78 is 1.07. The molecule has 0 amide bonds. The van der Waals surface area contributed by atoms with Crippen molar-refractivity contribution in [3.8, 4) is 0 Å². The Hall–Kier alpha value is -0.580. The van der Waals surface area contributed by atoms with E-state index < -0.39 is 6.10 Å². The van der Waals surface area contributed by atoms with Crippen LogP contribution in [0.4, 0.5) is 5.69 Å². The van der Waals surface area contributed by atoms with E-state index in [-0.39, 0.29) is 0 Å². The second kappa shape index (κ2) is 6.25. The van der Waals surface area contributed by atoms with E-state index in [9.17, 15) is 5.11 Å². The minimum absolute atomic E-state index is 0.418. The average Bonchev–Trinajstić information content (AvgIpc) is 2.50. The van der Waals surface area contributed by atoms with Crippen LogP contribution in [0.3, 0.4) is 0 Å². The highest BCUT2D eigenvalue weighted by molar-refractivity contribution is 9.10. The standard InChI is InChI=1S/C15H23BrN2O/c1-11-10-17(3)7-4-8-18(11)15-6-5-13(12(2)19)9-14(15)16/h5-6,9,11-12,19H,4,7-8,10H2,1-3H3/t11?,12-/m1/s1. The number of anilines is 1. The number of hydrogen-bond donors (Lipinski definition) is 1. The topological polar surface area (TPSA) is 26.7 Å². The normalized spacial score (nSPS) is 23.2. The molecular formula is C15H23BrN2O. The van der Waals surface area contributed by atoms with Gasteiger partial charge in [0.2, 0.25) is 0 Å². The number of hydrogen-bond acceptors (Lipinski definition) is 3. The lowest BCUT2D eigenvalue weighted by Crippen LogP contribution is -2.38. The van der Waals surface area contributed by atoms with Crippen LogP contribution in [0.5, 0.6) is 0 Å². The third-order valence-corrected chi connectivity index (χ3v) is 4.45. The molecule has 0 saturated carbocycles. The van der Waals surface area contributed by atoms with Crippen molar-refractivity contribution in [3.63, 3.8) is 0 Å². The summed E-state index contributed by atoms with van der Waals surface area (Å²) >= 11 is 3.65. The molecule has 1 aromatic rings. The lowest BCUT2D eigenvalue weighted by molar-refractivity contribution is 0.199. The SMILES string of the molecule is CC1CN(C)CCCN1c1ccc([C@@H](C)O)cc1Br. The zero-order valence-corrected chi connectivity index (χ0v) is 13.5. The van der Waals surface area contributed by atoms with Gasteiger partial charge in [-0.1, -0.05) is 6.07 Å². The summed E-state index contributed by atoms with van der Waals surface area (Å²) in [6.07, 6.45) is 0.767. The van der Waals surface area contributed by atoms with Crippen LogP contribution in [0.25, 0.3) is 0 Å². The van der Waals surface area contributed by atoms with Crippen molar-refractivity contribution in [2.75, 3.05) is 31.6 Å². The molecule has 1 aliphatic rings. The van der Waals surface area contributed by atoms with E-state index in [0.717, 1.165) is 29.7 Å². The maximum atomic E-state index is 9.64. The largest absolute Gasteiger partial charge is 0.389 e. The molecule has 2 rings (SSSR count). The van der Waals surface area contributed by atoms with Gasteiger partial charge in [0.15, 0.2) is 0 Å². The third kappa shape index (κ3) is 3.50. The van der Waals surface area contributed by atoms with Crippen LogP contribution in [0, 0.1) is 0 Å². The number of rotatable bonds is 2. The van der Waals surface area contributed by atoms with E-state index in [1.807, 2.05) is 12.1 Å². The Morgan fingerprint density at radius 1 is 1.37 bits per heavy atom. The first-order chi connectivity index (χ1) is 8.99. The highest BCUT2D eigenvalue weighted by Gasteiger charge is 2.21. The van der Waals surface area contributed by atoms with Gasteiger partial charge in [0.1, 0.15) is 0 Å². The molecule has 1 unspecified atom stereocenters. The maximum Gasteiger partial charge on any atom is 0.0762 e. The monoisotopic (exact) mass is 326 g/mol. The van der Waals surface area contributed by atoms with Crippen molar-refractivity contribution < 1.29 is 5.11 Å². The number of nitrogens with zero attached hydrogens (tertiary/aromatic N) is 2. The number of aliphatic hydroxyl groups excluding tert-OH is 1. The smallest absolute Gasteiger partial charge is 0.0762 e. The van der Waals surface area contributed by atoms with Crippen LogP contribution in [-0.4, -0.2) is 42.7 Å². The summed E-state index contributed by atoms with van der Waals surface area (Å²) in [5.41, 5.74) is 2.18. The van der Waals surface area contributed by atoms with Gasteiger partial charge in [0, 0.05) is 23.6 Å². The van der Waals surface area contributed by atoms with Crippen LogP contribution >= 0.6 is 15.9 Å². The number of likely N-dealkylation sites (N-methyl/N-ethyl adjacent to an activating group) is 1. The van der Waals surface area contributed by atoms with E-state index >= 15 is 0 Å². The van der Waals surface area contributed by atoms with Gasteiger partial charge in [-0.2, -0.15) is 0 Å². The third-order valence-electron chi connectivity index (χ3n) is 3.81. The van der Waals surface area contributed by atoms with E-state index in [1.165, 1.54) is 12.1 Å². The van der Waals surface area contributed by atoms with E-state index in [2.05, 4.69) is 45.8 Å². The molecule has 19 heavy (non-hydrogen) atoms. The lowest BCUT2D eigenvalue weighted by Gasteiger charge is -2.31. The van der Waals surface area contributed by atoms with E-state index in [0.29, 0.717) is 6.04 Å². The molecule has 1 aromatic carbocycles. The predicted molar refractivity (Wildman–Crippen MR) is 83.7 cm³/mol. The summed E-state index contributed by atoms with van der Waals surface area (Å²) in [7, 11) is 2.19. The molecule has 3 nitrogen and oxygen atoms in total. The lowest BCUT2D eigenvalue weighted by atomic mass is 10.1. The van der Waals surface area contributed by atoms with Crippen molar-refractivity contribution in [1.29, 1.82) is 0 Å². The molecule has 0 radical (unpaired) electrons. The summed E-state index contributed by atoms with van der Waals surface area (Å²) in [4.78, 5) is 4.85. The fraction of sp³-hybridized carbons (Fsp3) is 0.600. The predicted octanol–water partition coefficient (Wildman–Crippen LogP) is 3.03. The van der Waals surface area contributed by atoms with Crippen LogP contribution in [-0.2, 0) is 0 Å². The van der Waals surface area contributed by atoms with Crippen molar-refractivity contribution in [2.45, 2.75) is 32.4 Å². The van der Waals surface area contributed by atoms with E-state index in [4.69, 9.17) is 0 Å².